The van der Waals surface area contributed by atoms with E-state index in [0.717, 1.165) is 21.9 Å². The van der Waals surface area contributed by atoms with Gasteiger partial charge in [-0.3, -0.25) is 0 Å². The zero-order valence-electron chi connectivity index (χ0n) is 25.6. The fourth-order valence-corrected chi connectivity index (χ4v) is 10.2. The largest absolute Gasteiger partial charge is 0.309 e. The molecule has 0 aliphatic carbocycles. The zero-order valence-corrected chi connectivity index (χ0v) is 28.1. The molecule has 0 spiro atoms. The van der Waals surface area contributed by atoms with Crippen LogP contribution in [0.25, 0.3) is 72.3 Å². The van der Waals surface area contributed by atoms with Gasteiger partial charge in [0, 0.05) is 52.6 Å². The molecule has 0 radical (unpaired) electrons. The van der Waals surface area contributed by atoms with Gasteiger partial charge < -0.3 is 4.90 Å². The Morgan fingerprint density at radius 1 is 0.396 bits per heavy atom. The first-order valence-corrected chi connectivity index (χ1v) is 18.4. The molecule has 5 heteroatoms. The summed E-state index contributed by atoms with van der Waals surface area (Å²) in [5, 5.41) is 6.21. The molecular weight excluding hydrogens is 641 g/mol. The second-order valence-corrected chi connectivity index (χ2v) is 15.2. The highest BCUT2D eigenvalue weighted by molar-refractivity contribution is 7.27. The van der Waals surface area contributed by atoms with Gasteiger partial charge in [0.1, 0.15) is 5.01 Å². The standard InChI is InChI=1S/C43H26N2S3/c1-3-10-27(11-4-1)28-18-20-30(21-19-28)45(31-22-23-33-32-14-7-8-17-38(32)46-39(33)24-31)37-16-9-15-34-35-25-36-41(26-40(35)47-42(34)37)48-43(44-36)29-12-5-2-6-13-29/h1-26H. The third kappa shape index (κ3) is 4.54. The van der Waals surface area contributed by atoms with Gasteiger partial charge >= 0.3 is 0 Å². The third-order valence-electron chi connectivity index (χ3n) is 9.10. The van der Waals surface area contributed by atoms with Crippen LogP contribution >= 0.6 is 34.0 Å². The molecule has 0 bridgehead atoms. The number of benzene rings is 7. The second-order valence-electron chi connectivity index (χ2n) is 12.0. The average molecular weight is 667 g/mol. The van der Waals surface area contributed by atoms with Gasteiger partial charge in [0.15, 0.2) is 0 Å². The van der Waals surface area contributed by atoms with Crippen molar-refractivity contribution in [2.45, 2.75) is 0 Å². The van der Waals surface area contributed by atoms with Crippen molar-refractivity contribution in [3.63, 3.8) is 0 Å². The molecule has 0 saturated carbocycles. The predicted molar refractivity (Wildman–Crippen MR) is 211 cm³/mol. The van der Waals surface area contributed by atoms with Crippen LogP contribution in [0, 0.1) is 0 Å². The highest BCUT2D eigenvalue weighted by atomic mass is 32.1. The van der Waals surface area contributed by atoms with Crippen LogP contribution in [-0.4, -0.2) is 4.98 Å². The predicted octanol–water partition coefficient (Wildman–Crippen LogP) is 13.8. The molecule has 0 N–H and O–H groups in total. The molecule has 7 aromatic carbocycles. The lowest BCUT2D eigenvalue weighted by Crippen LogP contribution is -2.09. The van der Waals surface area contributed by atoms with Crippen molar-refractivity contribution in [1.82, 2.24) is 4.98 Å². The number of hydrogen-bond donors (Lipinski definition) is 0. The first kappa shape index (κ1) is 27.8. The molecule has 0 aliphatic rings. The smallest absolute Gasteiger partial charge is 0.124 e. The minimum atomic E-state index is 1.06. The SMILES string of the molecule is c1ccc(-c2ccc(N(c3ccc4c(c3)sc3ccccc34)c3cccc4c3sc3cc5sc(-c6ccccc6)nc5cc34)cc2)cc1. The highest BCUT2D eigenvalue weighted by Crippen LogP contribution is 2.47. The Morgan fingerprint density at radius 3 is 1.90 bits per heavy atom. The van der Waals surface area contributed by atoms with Crippen molar-refractivity contribution in [1.29, 1.82) is 0 Å². The Hall–Kier alpha value is -5.33. The third-order valence-corrected chi connectivity index (χ3v) is 12.5. The minimum Gasteiger partial charge on any atom is -0.309 e. The topological polar surface area (TPSA) is 16.1 Å². The molecular formula is C43H26N2S3. The summed E-state index contributed by atoms with van der Waals surface area (Å²) >= 11 is 5.50. The molecule has 0 amide bonds. The number of anilines is 3. The van der Waals surface area contributed by atoms with Crippen molar-refractivity contribution < 1.29 is 0 Å². The van der Waals surface area contributed by atoms with E-state index in [4.69, 9.17) is 4.98 Å². The molecule has 226 valence electrons. The van der Waals surface area contributed by atoms with Crippen LogP contribution in [0.2, 0.25) is 0 Å². The number of aromatic nitrogens is 1. The van der Waals surface area contributed by atoms with Gasteiger partial charge in [-0.1, -0.05) is 109 Å². The number of rotatable bonds is 5. The van der Waals surface area contributed by atoms with E-state index in [0.29, 0.717) is 0 Å². The molecule has 48 heavy (non-hydrogen) atoms. The van der Waals surface area contributed by atoms with Gasteiger partial charge in [0.25, 0.3) is 0 Å². The van der Waals surface area contributed by atoms with Crippen LogP contribution < -0.4 is 4.90 Å². The average Bonchev–Trinajstić information content (AvgIpc) is 3.85. The van der Waals surface area contributed by atoms with Crippen LogP contribution in [-0.2, 0) is 0 Å². The van der Waals surface area contributed by atoms with Crippen molar-refractivity contribution in [3.05, 3.63) is 158 Å². The summed E-state index contributed by atoms with van der Waals surface area (Å²) in [6.45, 7) is 0. The van der Waals surface area contributed by atoms with E-state index in [-0.39, 0.29) is 0 Å². The number of hydrogen-bond acceptors (Lipinski definition) is 5. The summed E-state index contributed by atoms with van der Waals surface area (Å²) < 4.78 is 6.39. The molecule has 0 unspecified atom stereocenters. The van der Waals surface area contributed by atoms with E-state index in [9.17, 15) is 0 Å². The van der Waals surface area contributed by atoms with Crippen LogP contribution in [0.4, 0.5) is 17.1 Å². The quantitative estimate of drug-likeness (QED) is 0.182. The molecule has 0 saturated heterocycles. The summed E-state index contributed by atoms with van der Waals surface area (Å²) in [5.74, 6) is 0. The summed E-state index contributed by atoms with van der Waals surface area (Å²) in [6.07, 6.45) is 0. The van der Waals surface area contributed by atoms with Crippen molar-refractivity contribution in [2.24, 2.45) is 0 Å². The Kier molecular flexibility index (Phi) is 6.44. The van der Waals surface area contributed by atoms with E-state index in [1.807, 2.05) is 22.7 Å². The molecule has 10 rings (SSSR count). The van der Waals surface area contributed by atoms with Crippen molar-refractivity contribution >= 4 is 102 Å². The number of thiophene rings is 2. The Bertz CT molecular complexity index is 2770. The lowest BCUT2D eigenvalue weighted by atomic mass is 10.0. The van der Waals surface area contributed by atoms with E-state index < -0.39 is 0 Å². The van der Waals surface area contributed by atoms with Crippen LogP contribution in [0.1, 0.15) is 0 Å². The van der Waals surface area contributed by atoms with E-state index in [1.165, 1.54) is 67.4 Å². The van der Waals surface area contributed by atoms with Gasteiger partial charge in [0.05, 0.1) is 20.6 Å². The Balaban J connectivity index is 1.16. The molecule has 2 nitrogen and oxygen atoms in total. The normalized spacial score (nSPS) is 11.8. The molecule has 0 atom stereocenters. The minimum absolute atomic E-state index is 1.06. The molecule has 0 aliphatic heterocycles. The Labute approximate surface area is 289 Å². The summed E-state index contributed by atoms with van der Waals surface area (Å²) in [6, 6.07) is 57.1. The Morgan fingerprint density at radius 2 is 1.06 bits per heavy atom. The molecule has 10 aromatic rings. The molecule has 3 heterocycles. The summed E-state index contributed by atoms with van der Waals surface area (Å²) in [7, 11) is 0. The fourth-order valence-electron chi connectivity index (χ4n) is 6.80. The van der Waals surface area contributed by atoms with Gasteiger partial charge in [-0.25, -0.2) is 4.98 Å². The van der Waals surface area contributed by atoms with Crippen LogP contribution in [0.3, 0.4) is 0 Å². The summed E-state index contributed by atoms with van der Waals surface area (Å²) in [4.78, 5) is 7.50. The van der Waals surface area contributed by atoms with Crippen LogP contribution in [0.15, 0.2) is 158 Å². The van der Waals surface area contributed by atoms with Gasteiger partial charge in [-0.05, 0) is 59.7 Å². The highest BCUT2D eigenvalue weighted by Gasteiger charge is 2.20. The van der Waals surface area contributed by atoms with Gasteiger partial charge in [-0.15, -0.1) is 34.0 Å². The monoisotopic (exact) mass is 666 g/mol. The maximum atomic E-state index is 5.07. The second kappa shape index (κ2) is 11.1. The van der Waals surface area contributed by atoms with E-state index in [2.05, 4.69) is 163 Å². The van der Waals surface area contributed by atoms with E-state index >= 15 is 0 Å². The molecule has 3 aromatic heterocycles. The first-order chi connectivity index (χ1) is 23.8. The maximum absolute atomic E-state index is 5.07. The number of fused-ring (bicyclic) bond motifs is 7. The maximum Gasteiger partial charge on any atom is 0.124 e. The van der Waals surface area contributed by atoms with Crippen LogP contribution in [0.5, 0.6) is 0 Å². The number of thiazole rings is 1. The zero-order chi connectivity index (χ0) is 31.6. The van der Waals surface area contributed by atoms with Crippen molar-refractivity contribution in [2.75, 3.05) is 4.90 Å². The van der Waals surface area contributed by atoms with Crippen molar-refractivity contribution in [3.8, 4) is 21.7 Å². The van der Waals surface area contributed by atoms with Gasteiger partial charge in [-0.2, -0.15) is 0 Å². The lowest BCUT2D eigenvalue weighted by molar-refractivity contribution is 1.31. The fraction of sp³-hybridized carbons (Fsp3) is 0. The molecule has 0 fully saturated rings. The van der Waals surface area contributed by atoms with E-state index in [1.54, 1.807) is 11.3 Å². The van der Waals surface area contributed by atoms with Gasteiger partial charge in [0.2, 0.25) is 0 Å². The number of nitrogens with zero attached hydrogens (tertiary/aromatic N) is 2. The summed E-state index contributed by atoms with van der Waals surface area (Å²) in [5.41, 5.74) is 8.12. The lowest BCUT2D eigenvalue weighted by Gasteiger charge is -2.26. The first-order valence-electron chi connectivity index (χ1n) is 15.9.